The molecule has 0 heteroatoms. The van der Waals surface area contributed by atoms with Crippen LogP contribution in [0.1, 0.15) is 28.2 Å². The Labute approximate surface area is 132 Å². The summed E-state index contributed by atoms with van der Waals surface area (Å²) in [5, 5.41) is 2.83. The van der Waals surface area contributed by atoms with Gasteiger partial charge in [-0.1, -0.05) is 54.6 Å². The van der Waals surface area contributed by atoms with Crippen LogP contribution in [0.25, 0.3) is 21.9 Å². The van der Waals surface area contributed by atoms with Crippen molar-refractivity contribution in [3.05, 3.63) is 83.4 Å². The lowest BCUT2D eigenvalue weighted by atomic mass is 9.90. The van der Waals surface area contributed by atoms with Crippen molar-refractivity contribution < 1.29 is 0 Å². The van der Waals surface area contributed by atoms with E-state index >= 15 is 0 Å². The molecular formula is C22H20. The zero-order chi connectivity index (χ0) is 15.3. The second kappa shape index (κ2) is 4.84. The molecule has 3 aromatic rings. The largest absolute Gasteiger partial charge is 0.102 e. The van der Waals surface area contributed by atoms with Crippen LogP contribution >= 0.6 is 0 Å². The maximum Gasteiger partial charge on any atom is 0.00620 e. The van der Waals surface area contributed by atoms with Crippen LogP contribution < -0.4 is 0 Å². The molecule has 0 aliphatic heterocycles. The highest BCUT2D eigenvalue weighted by Gasteiger charge is 2.22. The normalized spacial score (nSPS) is 16.2. The van der Waals surface area contributed by atoms with Gasteiger partial charge in [0.05, 0.1) is 0 Å². The Hall–Kier alpha value is -2.34. The van der Waals surface area contributed by atoms with E-state index in [0.29, 0.717) is 5.92 Å². The summed E-state index contributed by atoms with van der Waals surface area (Å²) in [5.74, 6) is 0.383. The van der Waals surface area contributed by atoms with Gasteiger partial charge in [-0.2, -0.15) is 0 Å². The van der Waals surface area contributed by atoms with Gasteiger partial charge in [-0.25, -0.2) is 0 Å². The van der Waals surface area contributed by atoms with E-state index in [9.17, 15) is 0 Å². The minimum atomic E-state index is 0.383. The molecule has 0 N–H and O–H groups in total. The number of aryl methyl sites for hydroxylation is 2. The average molecular weight is 284 g/mol. The quantitative estimate of drug-likeness (QED) is 0.484. The summed E-state index contributed by atoms with van der Waals surface area (Å²) < 4.78 is 0. The van der Waals surface area contributed by atoms with Crippen molar-refractivity contribution in [3.63, 3.8) is 0 Å². The van der Waals surface area contributed by atoms with Gasteiger partial charge in [0.15, 0.2) is 0 Å². The van der Waals surface area contributed by atoms with Gasteiger partial charge >= 0.3 is 0 Å². The lowest BCUT2D eigenvalue weighted by Crippen LogP contribution is -1.99. The number of allylic oxidation sites excluding steroid dienone is 1. The van der Waals surface area contributed by atoms with Crippen LogP contribution in [-0.4, -0.2) is 0 Å². The van der Waals surface area contributed by atoms with Gasteiger partial charge in [0.1, 0.15) is 0 Å². The van der Waals surface area contributed by atoms with E-state index in [1.807, 2.05) is 0 Å². The number of benzene rings is 3. The van der Waals surface area contributed by atoms with Crippen LogP contribution in [0.15, 0.2) is 61.2 Å². The van der Waals surface area contributed by atoms with Gasteiger partial charge in [-0.3, -0.25) is 0 Å². The smallest absolute Gasteiger partial charge is 0.00620 e. The number of fused-ring (bicyclic) bond motifs is 2. The first-order chi connectivity index (χ1) is 10.7. The van der Waals surface area contributed by atoms with Crippen molar-refractivity contribution in [3.8, 4) is 11.1 Å². The van der Waals surface area contributed by atoms with E-state index in [-0.39, 0.29) is 0 Å². The molecule has 0 bridgehead atoms. The monoisotopic (exact) mass is 284 g/mol. The first-order valence-electron chi connectivity index (χ1n) is 7.94. The van der Waals surface area contributed by atoms with Gasteiger partial charge in [-0.15, -0.1) is 6.58 Å². The molecule has 108 valence electrons. The third-order valence-corrected chi connectivity index (χ3v) is 5.15. The van der Waals surface area contributed by atoms with E-state index in [1.165, 1.54) is 44.2 Å². The fraction of sp³-hybridized carbons (Fsp3) is 0.182. The second-order valence-corrected chi connectivity index (χ2v) is 6.34. The third-order valence-electron chi connectivity index (χ3n) is 5.15. The molecule has 3 aromatic carbocycles. The fourth-order valence-electron chi connectivity index (χ4n) is 3.87. The SMILES string of the molecule is C=CC1Cc2cc(C)c(C)c3cccc(c23)-c2ccccc21. The summed E-state index contributed by atoms with van der Waals surface area (Å²) in [6, 6.07) is 17.9. The predicted molar refractivity (Wildman–Crippen MR) is 95.5 cm³/mol. The van der Waals surface area contributed by atoms with E-state index in [0.717, 1.165) is 6.42 Å². The minimum Gasteiger partial charge on any atom is -0.102 e. The second-order valence-electron chi connectivity index (χ2n) is 6.34. The molecular weight excluding hydrogens is 264 g/mol. The summed E-state index contributed by atoms with van der Waals surface area (Å²) in [6.07, 6.45) is 3.14. The van der Waals surface area contributed by atoms with Crippen LogP contribution in [0.3, 0.4) is 0 Å². The molecule has 1 aliphatic carbocycles. The molecule has 0 spiro atoms. The molecule has 22 heavy (non-hydrogen) atoms. The summed E-state index contributed by atoms with van der Waals surface area (Å²) >= 11 is 0. The Morgan fingerprint density at radius 2 is 1.77 bits per heavy atom. The summed E-state index contributed by atoms with van der Waals surface area (Å²) in [6.45, 7) is 8.55. The van der Waals surface area contributed by atoms with Crippen molar-refractivity contribution >= 4 is 10.8 Å². The zero-order valence-corrected chi connectivity index (χ0v) is 13.2. The van der Waals surface area contributed by atoms with E-state index in [4.69, 9.17) is 0 Å². The Kier molecular flexibility index (Phi) is 2.94. The van der Waals surface area contributed by atoms with Crippen LogP contribution in [0.2, 0.25) is 0 Å². The predicted octanol–water partition coefficient (Wildman–Crippen LogP) is 5.95. The Bertz CT molecular complexity index is 899. The van der Waals surface area contributed by atoms with Crippen molar-refractivity contribution in [2.75, 3.05) is 0 Å². The molecule has 0 saturated heterocycles. The highest BCUT2D eigenvalue weighted by molar-refractivity contribution is 6.02. The average Bonchev–Trinajstić information content (AvgIpc) is 2.69. The van der Waals surface area contributed by atoms with Crippen molar-refractivity contribution in [2.24, 2.45) is 0 Å². The fourth-order valence-corrected chi connectivity index (χ4v) is 3.87. The zero-order valence-electron chi connectivity index (χ0n) is 13.2. The van der Waals surface area contributed by atoms with E-state index in [2.05, 4.69) is 75.0 Å². The molecule has 0 radical (unpaired) electrons. The molecule has 0 fully saturated rings. The van der Waals surface area contributed by atoms with Gasteiger partial charge < -0.3 is 0 Å². The maximum atomic E-state index is 4.09. The summed E-state index contributed by atoms with van der Waals surface area (Å²) in [7, 11) is 0. The number of hydrogen-bond acceptors (Lipinski definition) is 0. The molecule has 0 amide bonds. The summed E-state index contributed by atoms with van der Waals surface area (Å²) in [4.78, 5) is 0. The van der Waals surface area contributed by atoms with Crippen LogP contribution in [-0.2, 0) is 6.42 Å². The molecule has 0 saturated carbocycles. The van der Waals surface area contributed by atoms with Crippen molar-refractivity contribution in [1.29, 1.82) is 0 Å². The molecule has 1 aliphatic rings. The van der Waals surface area contributed by atoms with Gasteiger partial charge in [0.2, 0.25) is 0 Å². The summed E-state index contributed by atoms with van der Waals surface area (Å²) in [5.41, 5.74) is 8.37. The number of rotatable bonds is 1. The maximum absolute atomic E-state index is 4.09. The molecule has 1 atom stereocenters. The van der Waals surface area contributed by atoms with Gasteiger partial charge in [0, 0.05) is 5.92 Å². The van der Waals surface area contributed by atoms with Crippen LogP contribution in [0, 0.1) is 13.8 Å². The lowest BCUT2D eigenvalue weighted by molar-refractivity contribution is 0.849. The van der Waals surface area contributed by atoms with E-state index in [1.54, 1.807) is 0 Å². The van der Waals surface area contributed by atoms with E-state index < -0.39 is 0 Å². The molecule has 0 heterocycles. The molecule has 0 aromatic heterocycles. The first kappa shape index (κ1) is 13.3. The standard InChI is InChI=1S/C22H20/c1-4-16-13-17-12-14(2)15(3)18-10-7-11-21(22(17)18)20-9-6-5-8-19(16)20/h4-12,16H,1,13H2,2-3H3. The molecule has 1 unspecified atom stereocenters. The molecule has 0 nitrogen and oxygen atoms in total. The lowest BCUT2D eigenvalue weighted by Gasteiger charge is -2.14. The minimum absolute atomic E-state index is 0.383. The Morgan fingerprint density at radius 1 is 1.00 bits per heavy atom. The first-order valence-corrected chi connectivity index (χ1v) is 7.94. The number of hydrogen-bond donors (Lipinski definition) is 0. The topological polar surface area (TPSA) is 0 Å². The van der Waals surface area contributed by atoms with Crippen molar-refractivity contribution in [2.45, 2.75) is 26.2 Å². The van der Waals surface area contributed by atoms with Crippen LogP contribution in [0.5, 0.6) is 0 Å². The molecule has 4 rings (SSSR count). The Morgan fingerprint density at radius 3 is 2.59 bits per heavy atom. The Balaban J connectivity index is 2.19. The van der Waals surface area contributed by atoms with Crippen LogP contribution in [0.4, 0.5) is 0 Å². The third kappa shape index (κ3) is 1.77. The highest BCUT2D eigenvalue weighted by Crippen LogP contribution is 2.42. The van der Waals surface area contributed by atoms with Gasteiger partial charge in [-0.05, 0) is 64.4 Å². The highest BCUT2D eigenvalue weighted by atomic mass is 14.3. The van der Waals surface area contributed by atoms with Crippen molar-refractivity contribution in [1.82, 2.24) is 0 Å². The van der Waals surface area contributed by atoms with Gasteiger partial charge in [0.25, 0.3) is 0 Å².